The highest BCUT2D eigenvalue weighted by Gasteiger charge is 2.11. The monoisotopic (exact) mass is 229 g/mol. The van der Waals surface area contributed by atoms with Gasteiger partial charge in [0.15, 0.2) is 0 Å². The summed E-state index contributed by atoms with van der Waals surface area (Å²) in [4.78, 5) is 16.1. The van der Waals surface area contributed by atoms with Crippen molar-refractivity contribution >= 4 is 16.9 Å². The highest BCUT2D eigenvalue weighted by Crippen LogP contribution is 2.16. The minimum atomic E-state index is -0.370. The van der Waals surface area contributed by atoms with E-state index in [0.29, 0.717) is 5.69 Å². The summed E-state index contributed by atoms with van der Waals surface area (Å²) >= 11 is 0. The molecule has 2 aromatic rings. The molecule has 17 heavy (non-hydrogen) atoms. The van der Waals surface area contributed by atoms with E-state index in [2.05, 4.69) is 4.98 Å². The number of hydrogen-bond donors (Lipinski definition) is 0. The van der Waals surface area contributed by atoms with Crippen molar-refractivity contribution in [2.75, 3.05) is 0 Å². The molecule has 3 heteroatoms. The molecule has 1 aromatic heterocycles. The van der Waals surface area contributed by atoms with Gasteiger partial charge < -0.3 is 4.74 Å². The second-order valence-corrected chi connectivity index (χ2v) is 4.30. The van der Waals surface area contributed by atoms with Crippen molar-refractivity contribution < 1.29 is 9.53 Å². The number of aryl methyl sites for hydroxylation is 1. The Labute approximate surface area is 100 Å². The van der Waals surface area contributed by atoms with Crippen molar-refractivity contribution in [1.29, 1.82) is 0 Å². The van der Waals surface area contributed by atoms with E-state index >= 15 is 0 Å². The molecule has 0 radical (unpaired) electrons. The number of carbonyl (C=O) groups is 1. The van der Waals surface area contributed by atoms with Gasteiger partial charge in [-0.25, -0.2) is 9.78 Å². The van der Waals surface area contributed by atoms with Crippen molar-refractivity contribution in [3.05, 3.63) is 41.6 Å². The summed E-state index contributed by atoms with van der Waals surface area (Å²) in [5.41, 5.74) is 2.27. The molecule has 0 bridgehead atoms. The average Bonchev–Trinajstić information content (AvgIpc) is 2.28. The van der Waals surface area contributed by atoms with Gasteiger partial charge in [-0.3, -0.25) is 0 Å². The summed E-state index contributed by atoms with van der Waals surface area (Å²) in [7, 11) is 0. The van der Waals surface area contributed by atoms with Crippen LogP contribution < -0.4 is 0 Å². The number of fused-ring (bicyclic) bond motifs is 1. The van der Waals surface area contributed by atoms with E-state index in [1.165, 1.54) is 0 Å². The molecule has 1 heterocycles. The highest BCUT2D eigenvalue weighted by molar-refractivity contribution is 5.91. The van der Waals surface area contributed by atoms with E-state index in [0.717, 1.165) is 16.5 Å². The zero-order valence-corrected chi connectivity index (χ0v) is 10.2. The number of ether oxygens (including phenoxy) is 1. The molecular formula is C14H15NO2. The minimum absolute atomic E-state index is 0.128. The Morgan fingerprint density at radius 2 is 2.00 bits per heavy atom. The lowest BCUT2D eigenvalue weighted by molar-refractivity contribution is 0.0371. The largest absolute Gasteiger partial charge is 0.458 e. The molecule has 0 N–H and O–H groups in total. The van der Waals surface area contributed by atoms with Crippen molar-refractivity contribution in [1.82, 2.24) is 4.98 Å². The first-order valence-electron chi connectivity index (χ1n) is 5.65. The van der Waals surface area contributed by atoms with E-state index in [4.69, 9.17) is 4.74 Å². The number of rotatable bonds is 2. The van der Waals surface area contributed by atoms with Crippen LogP contribution >= 0.6 is 0 Å². The molecule has 0 saturated heterocycles. The predicted molar refractivity (Wildman–Crippen MR) is 67.0 cm³/mol. The van der Waals surface area contributed by atoms with Crippen LogP contribution in [0, 0.1) is 6.92 Å². The van der Waals surface area contributed by atoms with Crippen LogP contribution in [0.15, 0.2) is 30.3 Å². The number of hydrogen-bond acceptors (Lipinski definition) is 3. The molecule has 0 aliphatic rings. The van der Waals surface area contributed by atoms with Crippen LogP contribution in [0.4, 0.5) is 0 Å². The van der Waals surface area contributed by atoms with Gasteiger partial charge >= 0.3 is 5.97 Å². The van der Waals surface area contributed by atoms with Gasteiger partial charge in [-0.1, -0.05) is 24.3 Å². The van der Waals surface area contributed by atoms with E-state index < -0.39 is 0 Å². The van der Waals surface area contributed by atoms with Crippen LogP contribution in [-0.4, -0.2) is 17.1 Å². The Kier molecular flexibility index (Phi) is 3.09. The van der Waals surface area contributed by atoms with Gasteiger partial charge in [0.1, 0.15) is 5.69 Å². The van der Waals surface area contributed by atoms with Gasteiger partial charge in [-0.05, 0) is 32.4 Å². The fourth-order valence-electron chi connectivity index (χ4n) is 1.68. The Bertz CT molecular complexity index is 561. The van der Waals surface area contributed by atoms with Crippen molar-refractivity contribution in [2.24, 2.45) is 0 Å². The van der Waals surface area contributed by atoms with Gasteiger partial charge in [0.2, 0.25) is 0 Å². The maximum atomic E-state index is 11.7. The number of esters is 1. The molecular weight excluding hydrogens is 214 g/mol. The first-order chi connectivity index (χ1) is 8.08. The van der Waals surface area contributed by atoms with Crippen molar-refractivity contribution in [3.8, 4) is 0 Å². The molecule has 0 unspecified atom stereocenters. The first-order valence-corrected chi connectivity index (χ1v) is 5.65. The number of para-hydroxylation sites is 1. The average molecular weight is 229 g/mol. The Morgan fingerprint density at radius 1 is 1.24 bits per heavy atom. The lowest BCUT2D eigenvalue weighted by atomic mass is 10.1. The summed E-state index contributed by atoms with van der Waals surface area (Å²) in [6.07, 6.45) is -0.128. The Hall–Kier alpha value is -1.90. The molecule has 0 spiro atoms. The third kappa shape index (κ3) is 2.44. The fraction of sp³-hybridized carbons (Fsp3) is 0.286. The van der Waals surface area contributed by atoms with Crippen molar-refractivity contribution in [2.45, 2.75) is 26.9 Å². The van der Waals surface area contributed by atoms with Gasteiger partial charge in [0, 0.05) is 5.39 Å². The standard InChI is InChI=1S/C14H15NO2/c1-9(2)17-14(16)12-8-7-11-6-4-5-10(3)13(11)15-12/h4-9H,1-3H3. The zero-order chi connectivity index (χ0) is 12.4. The quantitative estimate of drug-likeness (QED) is 0.743. The minimum Gasteiger partial charge on any atom is -0.458 e. The molecule has 0 fully saturated rings. The Balaban J connectivity index is 2.44. The molecule has 1 aromatic carbocycles. The van der Waals surface area contributed by atoms with Crippen LogP contribution in [-0.2, 0) is 4.74 Å². The summed E-state index contributed by atoms with van der Waals surface area (Å²) < 4.78 is 5.12. The third-order valence-electron chi connectivity index (χ3n) is 2.47. The maximum absolute atomic E-state index is 11.7. The topological polar surface area (TPSA) is 39.2 Å². The van der Waals surface area contributed by atoms with Crippen LogP contribution in [0.1, 0.15) is 29.9 Å². The van der Waals surface area contributed by atoms with Crippen LogP contribution in [0.3, 0.4) is 0 Å². The lowest BCUT2D eigenvalue weighted by Crippen LogP contribution is -2.13. The smallest absolute Gasteiger partial charge is 0.357 e. The van der Waals surface area contributed by atoms with Crippen LogP contribution in [0.2, 0.25) is 0 Å². The number of carbonyl (C=O) groups excluding carboxylic acids is 1. The number of nitrogens with zero attached hydrogens (tertiary/aromatic N) is 1. The van der Waals surface area contributed by atoms with Gasteiger partial charge in [-0.15, -0.1) is 0 Å². The van der Waals surface area contributed by atoms with E-state index in [1.807, 2.05) is 45.0 Å². The molecule has 0 aliphatic carbocycles. The van der Waals surface area contributed by atoms with Gasteiger partial charge in [0.05, 0.1) is 11.6 Å². The van der Waals surface area contributed by atoms with Gasteiger partial charge in [0.25, 0.3) is 0 Å². The molecule has 0 amide bonds. The second-order valence-electron chi connectivity index (χ2n) is 4.30. The van der Waals surface area contributed by atoms with E-state index in [9.17, 15) is 4.79 Å². The highest BCUT2D eigenvalue weighted by atomic mass is 16.5. The number of benzene rings is 1. The Morgan fingerprint density at radius 3 is 2.71 bits per heavy atom. The maximum Gasteiger partial charge on any atom is 0.357 e. The number of pyridine rings is 1. The molecule has 88 valence electrons. The normalized spacial score (nSPS) is 10.8. The third-order valence-corrected chi connectivity index (χ3v) is 2.47. The fourth-order valence-corrected chi connectivity index (χ4v) is 1.68. The lowest BCUT2D eigenvalue weighted by Gasteiger charge is -2.08. The van der Waals surface area contributed by atoms with E-state index in [-0.39, 0.29) is 12.1 Å². The summed E-state index contributed by atoms with van der Waals surface area (Å²) in [5, 5.41) is 1.03. The second kappa shape index (κ2) is 4.53. The van der Waals surface area contributed by atoms with Crippen LogP contribution in [0.5, 0.6) is 0 Å². The molecule has 2 rings (SSSR count). The molecule has 3 nitrogen and oxygen atoms in total. The molecule has 0 aliphatic heterocycles. The predicted octanol–water partition coefficient (Wildman–Crippen LogP) is 3.11. The SMILES string of the molecule is Cc1cccc2ccc(C(=O)OC(C)C)nc12. The zero-order valence-electron chi connectivity index (χ0n) is 10.2. The molecule has 0 saturated carbocycles. The van der Waals surface area contributed by atoms with E-state index in [1.54, 1.807) is 6.07 Å². The van der Waals surface area contributed by atoms with Crippen LogP contribution in [0.25, 0.3) is 10.9 Å². The number of aromatic nitrogens is 1. The first kappa shape index (κ1) is 11.6. The van der Waals surface area contributed by atoms with Gasteiger partial charge in [-0.2, -0.15) is 0 Å². The summed E-state index contributed by atoms with van der Waals surface area (Å²) in [6, 6.07) is 9.53. The summed E-state index contributed by atoms with van der Waals surface area (Å²) in [6.45, 7) is 5.63. The summed E-state index contributed by atoms with van der Waals surface area (Å²) in [5.74, 6) is -0.370. The van der Waals surface area contributed by atoms with Crippen molar-refractivity contribution in [3.63, 3.8) is 0 Å². The molecule has 0 atom stereocenters.